The van der Waals surface area contributed by atoms with Gasteiger partial charge >= 0.3 is 0 Å². The van der Waals surface area contributed by atoms with E-state index in [2.05, 4.69) is 33.6 Å². The van der Waals surface area contributed by atoms with E-state index in [-0.39, 0.29) is 11.6 Å². The van der Waals surface area contributed by atoms with Crippen molar-refractivity contribution in [2.24, 2.45) is 0 Å². The topological polar surface area (TPSA) is 85.4 Å². The predicted molar refractivity (Wildman–Crippen MR) is 113 cm³/mol. The van der Waals surface area contributed by atoms with E-state index in [1.54, 1.807) is 38.5 Å². The molecule has 0 radical (unpaired) electrons. The maximum Gasteiger partial charge on any atom is 0.274 e. The van der Waals surface area contributed by atoms with E-state index >= 15 is 0 Å². The van der Waals surface area contributed by atoms with Crippen LogP contribution in [0.3, 0.4) is 0 Å². The molecule has 0 saturated carbocycles. The summed E-state index contributed by atoms with van der Waals surface area (Å²) in [7, 11) is 3.10. The van der Waals surface area contributed by atoms with Crippen molar-refractivity contribution < 1.29 is 14.3 Å². The van der Waals surface area contributed by atoms with Crippen molar-refractivity contribution in [1.82, 2.24) is 9.97 Å². The molecule has 2 aromatic carbocycles. The molecule has 0 fully saturated rings. The third-order valence-corrected chi connectivity index (χ3v) is 4.44. The van der Waals surface area contributed by atoms with Gasteiger partial charge < -0.3 is 20.1 Å². The van der Waals surface area contributed by atoms with Gasteiger partial charge in [0.05, 0.1) is 19.9 Å². The molecule has 0 bridgehead atoms. The molecule has 1 heterocycles. The van der Waals surface area contributed by atoms with Crippen LogP contribution < -0.4 is 20.1 Å². The molecule has 3 rings (SSSR count). The van der Waals surface area contributed by atoms with Gasteiger partial charge in [-0.2, -0.15) is 0 Å². The Kier molecular flexibility index (Phi) is 6.29. The zero-order valence-corrected chi connectivity index (χ0v) is 16.9. The standard InChI is InChI=1S/C22H24N4O3/c1-14-7-5-6-8-16(14)13-23-22-24-15(2)11-19(26-22)21(27)25-18-12-17(28-3)9-10-20(18)29-4/h5-12H,13H2,1-4H3,(H,25,27)(H,23,24,26). The predicted octanol–water partition coefficient (Wildman–Crippen LogP) is 3.98. The van der Waals surface area contributed by atoms with E-state index in [0.717, 1.165) is 5.56 Å². The van der Waals surface area contributed by atoms with E-state index in [9.17, 15) is 4.79 Å². The second-order valence-electron chi connectivity index (χ2n) is 6.52. The Morgan fingerprint density at radius 3 is 2.52 bits per heavy atom. The number of benzene rings is 2. The molecule has 150 valence electrons. The number of amides is 1. The van der Waals surface area contributed by atoms with Crippen molar-refractivity contribution in [2.45, 2.75) is 20.4 Å². The Labute approximate surface area is 170 Å². The summed E-state index contributed by atoms with van der Waals surface area (Å²) in [5.41, 5.74) is 3.77. The van der Waals surface area contributed by atoms with Crippen LogP contribution in [0.1, 0.15) is 27.3 Å². The Balaban J connectivity index is 1.79. The lowest BCUT2D eigenvalue weighted by atomic mass is 10.1. The molecule has 0 aliphatic carbocycles. The summed E-state index contributed by atoms with van der Waals surface area (Å²) in [5.74, 6) is 1.18. The van der Waals surface area contributed by atoms with Gasteiger partial charge in [-0.3, -0.25) is 4.79 Å². The van der Waals surface area contributed by atoms with Crippen molar-refractivity contribution in [1.29, 1.82) is 0 Å². The summed E-state index contributed by atoms with van der Waals surface area (Å²) in [6.45, 7) is 4.44. The summed E-state index contributed by atoms with van der Waals surface area (Å²) in [4.78, 5) is 21.5. The van der Waals surface area contributed by atoms with Crippen LogP contribution in [-0.2, 0) is 6.54 Å². The fourth-order valence-corrected chi connectivity index (χ4v) is 2.84. The maximum atomic E-state index is 12.8. The first kappa shape index (κ1) is 20.1. The summed E-state index contributed by atoms with van der Waals surface area (Å²) in [5, 5.41) is 6.02. The molecule has 0 saturated heterocycles. The molecule has 0 aliphatic heterocycles. The van der Waals surface area contributed by atoms with E-state index < -0.39 is 0 Å². The number of anilines is 2. The number of nitrogens with one attached hydrogen (secondary N) is 2. The van der Waals surface area contributed by atoms with Crippen LogP contribution >= 0.6 is 0 Å². The number of carbonyl (C=O) groups excluding carboxylic acids is 1. The Hall–Kier alpha value is -3.61. The Bertz CT molecular complexity index is 1020. The highest BCUT2D eigenvalue weighted by Crippen LogP contribution is 2.29. The monoisotopic (exact) mass is 392 g/mol. The minimum atomic E-state index is -0.360. The molecular weight excluding hydrogens is 368 g/mol. The molecule has 0 spiro atoms. The molecule has 0 atom stereocenters. The largest absolute Gasteiger partial charge is 0.497 e. The Morgan fingerprint density at radius 2 is 1.79 bits per heavy atom. The normalized spacial score (nSPS) is 10.3. The van der Waals surface area contributed by atoms with Crippen molar-refractivity contribution >= 4 is 17.5 Å². The smallest absolute Gasteiger partial charge is 0.274 e. The van der Waals surface area contributed by atoms with E-state index in [0.29, 0.717) is 35.4 Å². The van der Waals surface area contributed by atoms with Crippen LogP contribution in [0, 0.1) is 13.8 Å². The molecular formula is C22H24N4O3. The average molecular weight is 392 g/mol. The first-order chi connectivity index (χ1) is 14.0. The van der Waals surface area contributed by atoms with Crippen LogP contribution in [-0.4, -0.2) is 30.1 Å². The fraction of sp³-hybridized carbons (Fsp3) is 0.227. The summed E-state index contributed by atoms with van der Waals surface area (Å²) >= 11 is 0. The minimum absolute atomic E-state index is 0.259. The van der Waals surface area contributed by atoms with Gasteiger partial charge in [0.2, 0.25) is 5.95 Å². The lowest BCUT2D eigenvalue weighted by Crippen LogP contribution is -2.16. The van der Waals surface area contributed by atoms with Crippen molar-refractivity contribution in [2.75, 3.05) is 24.9 Å². The molecule has 0 aliphatic rings. The second-order valence-corrected chi connectivity index (χ2v) is 6.52. The van der Waals surface area contributed by atoms with Gasteiger partial charge in [-0.05, 0) is 43.2 Å². The van der Waals surface area contributed by atoms with Gasteiger partial charge in [0.25, 0.3) is 5.91 Å². The SMILES string of the molecule is COc1ccc(OC)c(NC(=O)c2cc(C)nc(NCc3ccccc3C)n2)c1. The number of aromatic nitrogens is 2. The number of hydrogen-bond acceptors (Lipinski definition) is 6. The third kappa shape index (κ3) is 5.01. The fourth-order valence-electron chi connectivity index (χ4n) is 2.84. The Morgan fingerprint density at radius 1 is 1.00 bits per heavy atom. The third-order valence-electron chi connectivity index (χ3n) is 4.44. The van der Waals surface area contributed by atoms with Gasteiger partial charge in [0.15, 0.2) is 0 Å². The van der Waals surface area contributed by atoms with Crippen LogP contribution in [0.2, 0.25) is 0 Å². The number of carbonyl (C=O) groups is 1. The van der Waals surface area contributed by atoms with Gasteiger partial charge in [-0.25, -0.2) is 9.97 Å². The van der Waals surface area contributed by atoms with Gasteiger partial charge in [0, 0.05) is 18.3 Å². The van der Waals surface area contributed by atoms with Crippen molar-refractivity contribution in [3.63, 3.8) is 0 Å². The zero-order valence-electron chi connectivity index (χ0n) is 16.9. The van der Waals surface area contributed by atoms with Crippen LogP contribution in [0.25, 0.3) is 0 Å². The number of hydrogen-bond donors (Lipinski definition) is 2. The average Bonchev–Trinajstić information content (AvgIpc) is 2.72. The molecule has 2 N–H and O–H groups in total. The maximum absolute atomic E-state index is 12.8. The van der Waals surface area contributed by atoms with Gasteiger partial charge in [0.1, 0.15) is 17.2 Å². The molecule has 7 heteroatoms. The number of aryl methyl sites for hydroxylation is 2. The number of nitrogens with zero attached hydrogens (tertiary/aromatic N) is 2. The van der Waals surface area contributed by atoms with Gasteiger partial charge in [-0.15, -0.1) is 0 Å². The van der Waals surface area contributed by atoms with Gasteiger partial charge in [-0.1, -0.05) is 24.3 Å². The highest BCUT2D eigenvalue weighted by molar-refractivity contribution is 6.04. The lowest BCUT2D eigenvalue weighted by Gasteiger charge is -2.13. The van der Waals surface area contributed by atoms with E-state index in [1.807, 2.05) is 25.1 Å². The van der Waals surface area contributed by atoms with Crippen molar-refractivity contribution in [3.8, 4) is 11.5 Å². The molecule has 1 amide bonds. The molecule has 7 nitrogen and oxygen atoms in total. The quantitative estimate of drug-likeness (QED) is 0.633. The van der Waals surface area contributed by atoms with Crippen LogP contribution in [0.5, 0.6) is 11.5 Å². The van der Waals surface area contributed by atoms with Crippen molar-refractivity contribution in [3.05, 3.63) is 71.0 Å². The van der Waals surface area contributed by atoms with E-state index in [4.69, 9.17) is 9.47 Å². The summed E-state index contributed by atoms with van der Waals surface area (Å²) < 4.78 is 10.5. The van der Waals surface area contributed by atoms with Crippen LogP contribution in [0.4, 0.5) is 11.6 Å². The lowest BCUT2D eigenvalue weighted by molar-refractivity contribution is 0.102. The highest BCUT2D eigenvalue weighted by Gasteiger charge is 2.14. The molecule has 1 aromatic heterocycles. The molecule has 29 heavy (non-hydrogen) atoms. The second kappa shape index (κ2) is 9.05. The summed E-state index contributed by atoms with van der Waals surface area (Å²) in [6, 6.07) is 14.9. The van der Waals surface area contributed by atoms with Crippen LogP contribution in [0.15, 0.2) is 48.5 Å². The highest BCUT2D eigenvalue weighted by atomic mass is 16.5. The zero-order chi connectivity index (χ0) is 20.8. The number of methoxy groups -OCH3 is 2. The summed E-state index contributed by atoms with van der Waals surface area (Å²) in [6.07, 6.45) is 0. The van der Waals surface area contributed by atoms with E-state index in [1.165, 1.54) is 5.56 Å². The minimum Gasteiger partial charge on any atom is -0.497 e. The molecule has 0 unspecified atom stereocenters. The number of rotatable bonds is 7. The first-order valence-electron chi connectivity index (χ1n) is 9.17. The molecule has 3 aromatic rings. The first-order valence-corrected chi connectivity index (χ1v) is 9.17. The number of ether oxygens (including phenoxy) is 2.